The van der Waals surface area contributed by atoms with Crippen molar-refractivity contribution in [2.45, 2.75) is 32.2 Å². The largest absolute Gasteiger partial charge is 0.349 e. The van der Waals surface area contributed by atoms with E-state index in [1.54, 1.807) is 24.3 Å². The van der Waals surface area contributed by atoms with Gasteiger partial charge in [0.15, 0.2) is 0 Å². The predicted molar refractivity (Wildman–Crippen MR) is 65.4 cm³/mol. The summed E-state index contributed by atoms with van der Waals surface area (Å²) in [7, 11) is 0. The Hall–Kier alpha value is -1.82. The minimum Gasteiger partial charge on any atom is -0.349 e. The van der Waals surface area contributed by atoms with E-state index >= 15 is 0 Å². The summed E-state index contributed by atoms with van der Waals surface area (Å²) < 4.78 is 0. The average molecular weight is 228 g/mol. The molecule has 0 heterocycles. The Morgan fingerprint density at radius 1 is 1.35 bits per heavy atom. The van der Waals surface area contributed by atoms with Crippen molar-refractivity contribution < 1.29 is 4.79 Å². The summed E-state index contributed by atoms with van der Waals surface area (Å²) in [5.41, 5.74) is 1.21. The van der Waals surface area contributed by atoms with Crippen molar-refractivity contribution >= 4 is 5.91 Å². The van der Waals surface area contributed by atoms with Crippen molar-refractivity contribution in [3.63, 3.8) is 0 Å². The number of hydrogen-bond donors (Lipinski definition) is 1. The van der Waals surface area contributed by atoms with E-state index in [0.29, 0.717) is 23.1 Å². The van der Waals surface area contributed by atoms with E-state index in [2.05, 4.69) is 12.2 Å². The third-order valence-electron chi connectivity index (χ3n) is 3.31. The number of nitrogens with one attached hydrogen (secondary N) is 1. The zero-order valence-electron chi connectivity index (χ0n) is 9.94. The van der Waals surface area contributed by atoms with Crippen LogP contribution in [0.3, 0.4) is 0 Å². The van der Waals surface area contributed by atoms with Gasteiger partial charge in [0.2, 0.25) is 0 Å². The van der Waals surface area contributed by atoms with Crippen LogP contribution in [0.1, 0.15) is 42.1 Å². The smallest absolute Gasteiger partial charge is 0.251 e. The lowest BCUT2D eigenvalue weighted by Crippen LogP contribution is -2.32. The first kappa shape index (κ1) is 11.7. The summed E-state index contributed by atoms with van der Waals surface area (Å²) in [6.07, 6.45) is 3.34. The van der Waals surface area contributed by atoms with Crippen LogP contribution in [-0.4, -0.2) is 11.9 Å². The van der Waals surface area contributed by atoms with Gasteiger partial charge < -0.3 is 5.32 Å². The van der Waals surface area contributed by atoms with E-state index in [4.69, 9.17) is 5.26 Å². The van der Waals surface area contributed by atoms with Gasteiger partial charge in [-0.3, -0.25) is 4.79 Å². The highest BCUT2D eigenvalue weighted by Crippen LogP contribution is 2.24. The topological polar surface area (TPSA) is 52.9 Å². The standard InChI is InChI=1S/C14H16N2O/c1-10-2-7-13(8-10)16-14(17)12-5-3-11(9-15)4-6-12/h3-6,10,13H,2,7-8H2,1H3,(H,16,17). The maximum absolute atomic E-state index is 11.9. The fraction of sp³-hybridized carbons (Fsp3) is 0.429. The lowest BCUT2D eigenvalue weighted by Gasteiger charge is -2.12. The summed E-state index contributed by atoms with van der Waals surface area (Å²) in [6.45, 7) is 2.22. The molecule has 1 saturated carbocycles. The molecule has 1 aliphatic rings. The van der Waals surface area contributed by atoms with E-state index in [9.17, 15) is 4.79 Å². The summed E-state index contributed by atoms with van der Waals surface area (Å²) in [6, 6.07) is 9.10. The first-order valence-electron chi connectivity index (χ1n) is 6.00. The Kier molecular flexibility index (Phi) is 3.43. The molecule has 2 atom stereocenters. The average Bonchev–Trinajstić information content (AvgIpc) is 2.75. The molecule has 3 nitrogen and oxygen atoms in total. The van der Waals surface area contributed by atoms with Crippen molar-refractivity contribution in [2.75, 3.05) is 0 Å². The second kappa shape index (κ2) is 5.01. The van der Waals surface area contributed by atoms with Gasteiger partial charge in [-0.25, -0.2) is 0 Å². The minimum absolute atomic E-state index is 0.0337. The Morgan fingerprint density at radius 3 is 2.59 bits per heavy atom. The van der Waals surface area contributed by atoms with E-state index in [0.717, 1.165) is 12.8 Å². The van der Waals surface area contributed by atoms with Crippen molar-refractivity contribution in [1.82, 2.24) is 5.32 Å². The molecule has 3 heteroatoms. The van der Waals surface area contributed by atoms with Crippen LogP contribution in [-0.2, 0) is 0 Å². The number of rotatable bonds is 2. The van der Waals surface area contributed by atoms with Gasteiger partial charge in [-0.1, -0.05) is 6.92 Å². The van der Waals surface area contributed by atoms with Crippen LogP contribution < -0.4 is 5.32 Å². The van der Waals surface area contributed by atoms with Crippen LogP contribution in [0.15, 0.2) is 24.3 Å². The number of carbonyl (C=O) groups is 1. The normalized spacial score (nSPS) is 23.1. The lowest BCUT2D eigenvalue weighted by molar-refractivity contribution is 0.0937. The number of benzene rings is 1. The molecule has 17 heavy (non-hydrogen) atoms. The van der Waals surface area contributed by atoms with Crippen LogP contribution in [0.5, 0.6) is 0 Å². The molecule has 0 radical (unpaired) electrons. The molecule has 0 spiro atoms. The quantitative estimate of drug-likeness (QED) is 0.845. The molecule has 2 rings (SSSR count). The molecule has 1 N–H and O–H groups in total. The van der Waals surface area contributed by atoms with Gasteiger partial charge >= 0.3 is 0 Å². The van der Waals surface area contributed by atoms with Crippen LogP contribution in [0.2, 0.25) is 0 Å². The molecule has 2 unspecified atom stereocenters. The monoisotopic (exact) mass is 228 g/mol. The number of amides is 1. The molecule has 0 aromatic heterocycles. The molecule has 0 saturated heterocycles. The molecule has 1 aliphatic carbocycles. The summed E-state index contributed by atoms with van der Waals surface area (Å²) >= 11 is 0. The Morgan fingerprint density at radius 2 is 2.06 bits per heavy atom. The third kappa shape index (κ3) is 2.85. The van der Waals surface area contributed by atoms with Gasteiger partial charge in [-0.15, -0.1) is 0 Å². The number of hydrogen-bond acceptors (Lipinski definition) is 2. The second-order valence-corrected chi connectivity index (χ2v) is 4.78. The minimum atomic E-state index is -0.0337. The van der Waals surface area contributed by atoms with Gasteiger partial charge in [-0.2, -0.15) is 5.26 Å². The van der Waals surface area contributed by atoms with Gasteiger partial charge in [0, 0.05) is 11.6 Å². The zero-order chi connectivity index (χ0) is 12.3. The molecular weight excluding hydrogens is 212 g/mol. The maximum atomic E-state index is 11.9. The highest BCUT2D eigenvalue weighted by molar-refractivity contribution is 5.94. The van der Waals surface area contributed by atoms with Crippen LogP contribution in [0, 0.1) is 17.2 Å². The SMILES string of the molecule is CC1CCC(NC(=O)c2ccc(C#N)cc2)C1. The number of carbonyl (C=O) groups excluding carboxylic acids is 1. The Balaban J connectivity index is 1.97. The number of nitrogens with zero attached hydrogens (tertiary/aromatic N) is 1. The third-order valence-corrected chi connectivity index (χ3v) is 3.31. The molecule has 0 bridgehead atoms. The molecule has 88 valence electrons. The van der Waals surface area contributed by atoms with Gasteiger partial charge in [0.1, 0.15) is 0 Å². The van der Waals surface area contributed by atoms with Crippen LogP contribution >= 0.6 is 0 Å². The maximum Gasteiger partial charge on any atom is 0.251 e. The van der Waals surface area contributed by atoms with Crippen molar-refractivity contribution in [3.8, 4) is 6.07 Å². The van der Waals surface area contributed by atoms with Crippen molar-refractivity contribution in [2.24, 2.45) is 5.92 Å². The van der Waals surface area contributed by atoms with Crippen molar-refractivity contribution in [3.05, 3.63) is 35.4 Å². The zero-order valence-corrected chi connectivity index (χ0v) is 9.94. The Bertz CT molecular complexity index is 444. The first-order chi connectivity index (χ1) is 8.19. The molecule has 1 amide bonds. The molecular formula is C14H16N2O. The fourth-order valence-electron chi connectivity index (χ4n) is 2.30. The lowest BCUT2D eigenvalue weighted by atomic mass is 10.1. The van der Waals surface area contributed by atoms with Crippen LogP contribution in [0.25, 0.3) is 0 Å². The van der Waals surface area contributed by atoms with Gasteiger partial charge in [-0.05, 0) is 49.4 Å². The molecule has 0 aliphatic heterocycles. The molecule has 1 aromatic rings. The van der Waals surface area contributed by atoms with E-state index in [1.807, 2.05) is 6.07 Å². The first-order valence-corrected chi connectivity index (χ1v) is 6.00. The second-order valence-electron chi connectivity index (χ2n) is 4.78. The van der Waals surface area contributed by atoms with E-state index < -0.39 is 0 Å². The fourth-order valence-corrected chi connectivity index (χ4v) is 2.30. The Labute approximate surface area is 101 Å². The molecule has 1 aromatic carbocycles. The van der Waals surface area contributed by atoms with Crippen LogP contribution in [0.4, 0.5) is 0 Å². The van der Waals surface area contributed by atoms with E-state index in [1.165, 1.54) is 6.42 Å². The summed E-state index contributed by atoms with van der Waals surface area (Å²) in [5, 5.41) is 11.7. The van der Waals surface area contributed by atoms with E-state index in [-0.39, 0.29) is 5.91 Å². The van der Waals surface area contributed by atoms with Gasteiger partial charge in [0.25, 0.3) is 5.91 Å². The highest BCUT2D eigenvalue weighted by atomic mass is 16.1. The predicted octanol–water partition coefficient (Wildman–Crippen LogP) is 2.48. The summed E-state index contributed by atoms with van der Waals surface area (Å²) in [5.74, 6) is 0.676. The summed E-state index contributed by atoms with van der Waals surface area (Å²) in [4.78, 5) is 11.9. The van der Waals surface area contributed by atoms with Gasteiger partial charge in [0.05, 0.1) is 11.6 Å². The number of nitriles is 1. The van der Waals surface area contributed by atoms with Crippen molar-refractivity contribution in [1.29, 1.82) is 5.26 Å². The molecule has 1 fully saturated rings. The highest BCUT2D eigenvalue weighted by Gasteiger charge is 2.22.